The van der Waals surface area contributed by atoms with Crippen molar-refractivity contribution in [1.82, 2.24) is 0 Å². The first kappa shape index (κ1) is 22.1. The van der Waals surface area contributed by atoms with Crippen molar-refractivity contribution in [2.75, 3.05) is 11.9 Å². The number of nitrogens with one attached hydrogen (secondary N) is 1. The topological polar surface area (TPSA) is 90.7 Å². The molecule has 0 aromatic heterocycles. The molecule has 0 fully saturated rings. The minimum Gasteiger partial charge on any atom is -0.493 e. The van der Waals surface area contributed by atoms with Gasteiger partial charge in [0.1, 0.15) is 18.1 Å². The Labute approximate surface area is 184 Å². The Morgan fingerprint density at radius 3 is 2.52 bits per heavy atom. The SMILES string of the molecule is CCOc1ccc(C(=O)Nc2cccc([N+](=O)[O-])c2C)cc1COc1ccc(Cl)cc1. The highest BCUT2D eigenvalue weighted by molar-refractivity contribution is 6.30. The zero-order valence-electron chi connectivity index (χ0n) is 17.1. The van der Waals surface area contributed by atoms with Gasteiger partial charge in [-0.1, -0.05) is 17.7 Å². The number of nitrogens with zero attached hydrogens (tertiary/aromatic N) is 1. The van der Waals surface area contributed by atoms with Crippen molar-refractivity contribution in [1.29, 1.82) is 0 Å². The fourth-order valence-corrected chi connectivity index (χ4v) is 3.10. The maximum absolute atomic E-state index is 12.8. The molecule has 0 heterocycles. The van der Waals surface area contributed by atoms with Gasteiger partial charge in [0.05, 0.1) is 22.8 Å². The lowest BCUT2D eigenvalue weighted by molar-refractivity contribution is -0.385. The van der Waals surface area contributed by atoms with E-state index < -0.39 is 4.92 Å². The second-order valence-corrected chi connectivity index (χ2v) is 7.10. The maximum atomic E-state index is 12.8. The molecular weight excluding hydrogens is 420 g/mol. The van der Waals surface area contributed by atoms with Gasteiger partial charge < -0.3 is 14.8 Å². The van der Waals surface area contributed by atoms with E-state index in [-0.39, 0.29) is 18.2 Å². The lowest BCUT2D eigenvalue weighted by atomic mass is 10.1. The van der Waals surface area contributed by atoms with Gasteiger partial charge in [0.15, 0.2) is 0 Å². The fourth-order valence-electron chi connectivity index (χ4n) is 2.97. The van der Waals surface area contributed by atoms with Gasteiger partial charge >= 0.3 is 0 Å². The predicted molar refractivity (Wildman–Crippen MR) is 119 cm³/mol. The number of nitro groups is 1. The van der Waals surface area contributed by atoms with Crippen LogP contribution < -0.4 is 14.8 Å². The van der Waals surface area contributed by atoms with Crippen LogP contribution >= 0.6 is 11.6 Å². The Kier molecular flexibility index (Phi) is 7.10. The number of hydrogen-bond donors (Lipinski definition) is 1. The van der Waals surface area contributed by atoms with Crippen molar-refractivity contribution in [2.45, 2.75) is 20.5 Å². The van der Waals surface area contributed by atoms with Crippen molar-refractivity contribution in [2.24, 2.45) is 0 Å². The number of halogens is 1. The first-order valence-corrected chi connectivity index (χ1v) is 9.96. The molecule has 0 radical (unpaired) electrons. The van der Waals surface area contributed by atoms with E-state index in [0.717, 1.165) is 0 Å². The molecule has 0 aliphatic rings. The van der Waals surface area contributed by atoms with Crippen LogP contribution in [0.1, 0.15) is 28.4 Å². The van der Waals surface area contributed by atoms with Gasteiger partial charge in [0.25, 0.3) is 11.6 Å². The molecule has 0 spiro atoms. The highest BCUT2D eigenvalue weighted by atomic mass is 35.5. The Bertz CT molecular complexity index is 1100. The van der Waals surface area contributed by atoms with Crippen LogP contribution in [-0.2, 0) is 6.61 Å². The van der Waals surface area contributed by atoms with E-state index in [9.17, 15) is 14.9 Å². The molecule has 7 nitrogen and oxygen atoms in total. The second kappa shape index (κ2) is 9.95. The van der Waals surface area contributed by atoms with Crippen molar-refractivity contribution in [3.63, 3.8) is 0 Å². The summed E-state index contributed by atoms with van der Waals surface area (Å²) in [7, 11) is 0. The standard InChI is InChI=1S/C23H21ClN2O5/c1-3-30-22-12-7-16(13-17(22)14-31-19-10-8-18(24)9-11-19)23(27)25-20-5-4-6-21(15(20)2)26(28)29/h4-13H,3,14H2,1-2H3,(H,25,27). The Hall–Kier alpha value is -3.58. The Morgan fingerprint density at radius 2 is 1.84 bits per heavy atom. The highest BCUT2D eigenvalue weighted by Crippen LogP contribution is 2.27. The zero-order valence-corrected chi connectivity index (χ0v) is 17.8. The summed E-state index contributed by atoms with van der Waals surface area (Å²) in [6.45, 7) is 4.12. The quantitative estimate of drug-likeness (QED) is 0.353. The molecule has 0 bridgehead atoms. The normalized spacial score (nSPS) is 10.4. The van der Waals surface area contributed by atoms with Gasteiger partial charge in [-0.2, -0.15) is 0 Å². The maximum Gasteiger partial charge on any atom is 0.274 e. The van der Waals surface area contributed by atoms with E-state index in [1.54, 1.807) is 55.5 Å². The average molecular weight is 441 g/mol. The third-order valence-electron chi connectivity index (χ3n) is 4.58. The van der Waals surface area contributed by atoms with Gasteiger partial charge in [0.2, 0.25) is 0 Å². The van der Waals surface area contributed by atoms with Crippen LogP contribution in [0.2, 0.25) is 5.02 Å². The van der Waals surface area contributed by atoms with Gasteiger partial charge in [0, 0.05) is 22.2 Å². The molecule has 1 N–H and O–H groups in total. The number of amides is 1. The zero-order chi connectivity index (χ0) is 22.4. The molecular formula is C23H21ClN2O5. The second-order valence-electron chi connectivity index (χ2n) is 6.66. The van der Waals surface area contributed by atoms with Gasteiger partial charge in [-0.3, -0.25) is 14.9 Å². The molecule has 160 valence electrons. The van der Waals surface area contributed by atoms with Crippen LogP contribution in [-0.4, -0.2) is 17.4 Å². The molecule has 0 aliphatic heterocycles. The molecule has 3 aromatic carbocycles. The summed E-state index contributed by atoms with van der Waals surface area (Å²) in [5.74, 6) is 0.854. The van der Waals surface area contributed by atoms with Crippen LogP contribution in [0.3, 0.4) is 0 Å². The lowest BCUT2D eigenvalue weighted by Gasteiger charge is -2.14. The van der Waals surface area contributed by atoms with E-state index in [1.807, 2.05) is 6.92 Å². The molecule has 0 saturated carbocycles. The van der Waals surface area contributed by atoms with Crippen LogP contribution in [0, 0.1) is 17.0 Å². The summed E-state index contributed by atoms with van der Waals surface area (Å²) >= 11 is 5.90. The fraction of sp³-hybridized carbons (Fsp3) is 0.174. The van der Waals surface area contributed by atoms with E-state index in [2.05, 4.69) is 5.32 Å². The number of benzene rings is 3. The number of hydrogen-bond acceptors (Lipinski definition) is 5. The van der Waals surface area contributed by atoms with Crippen LogP contribution in [0.5, 0.6) is 11.5 Å². The van der Waals surface area contributed by atoms with Crippen LogP contribution in [0.25, 0.3) is 0 Å². The molecule has 0 unspecified atom stereocenters. The third-order valence-corrected chi connectivity index (χ3v) is 4.83. The number of ether oxygens (including phenoxy) is 2. The number of carbonyl (C=O) groups is 1. The average Bonchev–Trinajstić information content (AvgIpc) is 2.75. The smallest absolute Gasteiger partial charge is 0.274 e. The van der Waals surface area contributed by atoms with E-state index in [1.165, 1.54) is 12.1 Å². The number of carbonyl (C=O) groups excluding carboxylic acids is 1. The summed E-state index contributed by atoms with van der Waals surface area (Å²) < 4.78 is 11.5. The molecule has 0 atom stereocenters. The van der Waals surface area contributed by atoms with Crippen molar-refractivity contribution in [3.05, 3.63) is 92.5 Å². The van der Waals surface area contributed by atoms with E-state index in [4.69, 9.17) is 21.1 Å². The molecule has 0 aliphatic carbocycles. The summed E-state index contributed by atoms with van der Waals surface area (Å²) in [5.41, 5.74) is 1.79. The van der Waals surface area contributed by atoms with Gasteiger partial charge in [-0.25, -0.2) is 0 Å². The molecule has 3 rings (SSSR count). The highest BCUT2D eigenvalue weighted by Gasteiger charge is 2.17. The minimum atomic E-state index is -0.478. The number of nitro benzene ring substituents is 1. The number of anilines is 1. The van der Waals surface area contributed by atoms with Crippen molar-refractivity contribution in [3.8, 4) is 11.5 Å². The van der Waals surface area contributed by atoms with Crippen molar-refractivity contribution < 1.29 is 19.2 Å². The molecule has 1 amide bonds. The van der Waals surface area contributed by atoms with Gasteiger partial charge in [-0.15, -0.1) is 0 Å². The number of rotatable bonds is 8. The monoisotopic (exact) mass is 440 g/mol. The van der Waals surface area contributed by atoms with Gasteiger partial charge in [-0.05, 0) is 62.4 Å². The molecule has 8 heteroatoms. The van der Waals surface area contributed by atoms with Crippen molar-refractivity contribution >= 4 is 28.9 Å². The van der Waals surface area contributed by atoms with Crippen LogP contribution in [0.15, 0.2) is 60.7 Å². The summed E-state index contributed by atoms with van der Waals surface area (Å²) in [6, 6.07) is 16.5. The Morgan fingerprint density at radius 1 is 1.10 bits per heavy atom. The third kappa shape index (κ3) is 5.52. The van der Waals surface area contributed by atoms with E-state index in [0.29, 0.717) is 45.5 Å². The minimum absolute atomic E-state index is 0.0541. The molecule has 3 aromatic rings. The molecule has 31 heavy (non-hydrogen) atoms. The summed E-state index contributed by atoms with van der Waals surface area (Å²) in [5, 5.41) is 14.5. The predicted octanol–water partition coefficient (Wildman–Crippen LogP) is 5.79. The molecule has 0 saturated heterocycles. The Balaban J connectivity index is 1.82. The summed E-state index contributed by atoms with van der Waals surface area (Å²) in [6.07, 6.45) is 0. The first-order chi connectivity index (χ1) is 14.9. The van der Waals surface area contributed by atoms with E-state index >= 15 is 0 Å². The van der Waals surface area contributed by atoms with Crippen LogP contribution in [0.4, 0.5) is 11.4 Å². The lowest BCUT2D eigenvalue weighted by Crippen LogP contribution is -2.14. The first-order valence-electron chi connectivity index (χ1n) is 9.58. The summed E-state index contributed by atoms with van der Waals surface area (Å²) in [4.78, 5) is 23.5. The largest absolute Gasteiger partial charge is 0.493 e.